The molecule has 2 aromatic carbocycles. The van der Waals surface area contributed by atoms with Crippen molar-refractivity contribution in [3.05, 3.63) is 71.8 Å². The summed E-state index contributed by atoms with van der Waals surface area (Å²) in [5.74, 6) is 0. The van der Waals surface area contributed by atoms with Gasteiger partial charge in [0.25, 0.3) is 0 Å². The van der Waals surface area contributed by atoms with Crippen LogP contribution >= 0.6 is 0 Å². The zero-order chi connectivity index (χ0) is 20.8. The van der Waals surface area contributed by atoms with Crippen molar-refractivity contribution in [2.75, 3.05) is 19.4 Å². The summed E-state index contributed by atoms with van der Waals surface area (Å²) in [4.78, 5) is 12.8. The lowest BCUT2D eigenvalue weighted by Crippen LogP contribution is -2.35. The van der Waals surface area contributed by atoms with E-state index in [1.54, 1.807) is 11.9 Å². The summed E-state index contributed by atoms with van der Waals surface area (Å²) in [5.41, 5.74) is 5.52. The number of urea groups is 1. The zero-order valence-corrected chi connectivity index (χ0v) is 17.9. The van der Waals surface area contributed by atoms with Crippen molar-refractivity contribution >= 4 is 17.4 Å². The van der Waals surface area contributed by atoms with Crippen LogP contribution in [0.4, 0.5) is 10.5 Å². The number of para-hydroxylation sites is 1. The number of carbonyl (C=O) groups is 1. The molecule has 0 aliphatic carbocycles. The van der Waals surface area contributed by atoms with Crippen LogP contribution in [0.15, 0.2) is 55.1 Å². The van der Waals surface area contributed by atoms with E-state index in [4.69, 9.17) is 0 Å². The third-order valence-corrected chi connectivity index (χ3v) is 3.79. The maximum atomic E-state index is 11.2. The summed E-state index contributed by atoms with van der Waals surface area (Å²) >= 11 is 0. The molecule has 0 fully saturated rings. The van der Waals surface area contributed by atoms with Gasteiger partial charge in [-0.25, -0.2) is 4.79 Å². The van der Waals surface area contributed by atoms with E-state index >= 15 is 0 Å². The molecule has 0 unspecified atom stereocenters. The van der Waals surface area contributed by atoms with E-state index in [0.29, 0.717) is 6.54 Å². The Morgan fingerprint density at radius 1 is 1.04 bits per heavy atom. The normalized spacial score (nSPS) is 11.1. The van der Waals surface area contributed by atoms with E-state index in [9.17, 15) is 4.79 Å². The lowest BCUT2D eigenvalue weighted by atomic mass is 10.1. The molecule has 0 saturated heterocycles. The molecule has 2 N–H and O–H groups in total. The predicted octanol–water partition coefficient (Wildman–Crippen LogP) is 5.90. The van der Waals surface area contributed by atoms with Gasteiger partial charge in [-0.15, -0.1) is 0 Å². The molecular weight excluding hydrogens is 334 g/mol. The van der Waals surface area contributed by atoms with Crippen molar-refractivity contribution in [3.8, 4) is 0 Å². The fourth-order valence-corrected chi connectivity index (χ4v) is 2.36. The van der Waals surface area contributed by atoms with Crippen LogP contribution in [0.5, 0.6) is 0 Å². The fraction of sp³-hybridized carbons (Fsp3) is 0.348. The number of nitrogens with one attached hydrogen (secondary N) is 2. The molecule has 0 bridgehead atoms. The van der Waals surface area contributed by atoms with Crippen molar-refractivity contribution < 1.29 is 4.79 Å². The van der Waals surface area contributed by atoms with Crippen LogP contribution in [0, 0.1) is 6.92 Å². The van der Waals surface area contributed by atoms with E-state index in [0.717, 1.165) is 11.4 Å². The predicted molar refractivity (Wildman–Crippen MR) is 119 cm³/mol. The van der Waals surface area contributed by atoms with Crippen molar-refractivity contribution in [1.29, 1.82) is 0 Å². The van der Waals surface area contributed by atoms with Crippen LogP contribution < -0.4 is 10.6 Å². The average Bonchev–Trinajstić information content (AvgIpc) is 2.72. The lowest BCUT2D eigenvalue weighted by molar-refractivity contribution is 0.218. The molecule has 2 amide bonds. The summed E-state index contributed by atoms with van der Waals surface area (Å²) < 4.78 is 0. The molecule has 2 aromatic rings. The maximum Gasteiger partial charge on any atom is 0.321 e. The smallest absolute Gasteiger partial charge is 0.321 e. The zero-order valence-electron chi connectivity index (χ0n) is 17.9. The van der Waals surface area contributed by atoms with Gasteiger partial charge < -0.3 is 15.5 Å². The minimum absolute atomic E-state index is 0.0336. The summed E-state index contributed by atoms with van der Waals surface area (Å²) in [6.07, 6.45) is 0. The van der Waals surface area contributed by atoms with Gasteiger partial charge in [-0.3, -0.25) is 0 Å². The van der Waals surface area contributed by atoms with Crippen LogP contribution in [0.1, 0.15) is 44.4 Å². The summed E-state index contributed by atoms with van der Waals surface area (Å²) in [5, 5.41) is 5.82. The number of hydrogen-bond acceptors (Lipinski definition) is 2. The Hall–Kier alpha value is -2.75. The number of hydrogen-bond donors (Lipinski definition) is 2. The first-order valence-corrected chi connectivity index (χ1v) is 9.55. The Labute approximate surface area is 165 Å². The topological polar surface area (TPSA) is 44.4 Å². The molecule has 1 heterocycles. The number of benzene rings is 2. The first-order chi connectivity index (χ1) is 13.0. The highest BCUT2D eigenvalue weighted by atomic mass is 16.2. The number of aryl methyl sites for hydroxylation is 1. The van der Waals surface area contributed by atoms with Crippen molar-refractivity contribution in [3.63, 3.8) is 0 Å². The summed E-state index contributed by atoms with van der Waals surface area (Å²) in [7, 11) is 3.67. The number of amides is 2. The van der Waals surface area contributed by atoms with E-state index in [-0.39, 0.29) is 6.03 Å². The second kappa shape index (κ2) is 13.5. The molecular formula is C23H35N3O. The Bertz CT molecular complexity index is 710. The van der Waals surface area contributed by atoms with Gasteiger partial charge in [-0.1, -0.05) is 76.7 Å². The summed E-state index contributed by atoms with van der Waals surface area (Å²) in [6, 6.07) is 16.0. The Balaban J connectivity index is 0.000000425. The second-order valence-corrected chi connectivity index (χ2v) is 5.49. The molecule has 148 valence electrons. The van der Waals surface area contributed by atoms with Gasteiger partial charge in [0.2, 0.25) is 0 Å². The fourth-order valence-electron chi connectivity index (χ4n) is 2.36. The van der Waals surface area contributed by atoms with E-state index in [2.05, 4.69) is 36.3 Å². The number of rotatable bonds is 2. The Morgan fingerprint density at radius 2 is 1.59 bits per heavy atom. The van der Waals surface area contributed by atoms with Crippen molar-refractivity contribution in [1.82, 2.24) is 10.2 Å². The molecule has 0 aromatic heterocycles. The van der Waals surface area contributed by atoms with Crippen molar-refractivity contribution in [2.24, 2.45) is 0 Å². The molecule has 1 aliphatic heterocycles. The molecule has 27 heavy (non-hydrogen) atoms. The number of carbonyl (C=O) groups excluding carboxylic acids is 1. The van der Waals surface area contributed by atoms with Gasteiger partial charge in [0.15, 0.2) is 0 Å². The lowest BCUT2D eigenvalue weighted by Gasteiger charge is -2.25. The minimum atomic E-state index is -0.0336. The standard InChI is InChI=1S/C10H13N.C9H10N2O.2C2H6/c1-8-6-4-5-7-10(8)9(2)11-3;1-11-6-7-4-2-3-5-8(7)10-9(11)12;2*1-2/h4-7,11H,2H2,1,3H3;2-5H,6H2,1H3,(H,10,12);2*1-2H3. The third-order valence-electron chi connectivity index (χ3n) is 3.79. The van der Waals surface area contributed by atoms with Crippen LogP contribution in [0.25, 0.3) is 5.70 Å². The first-order valence-electron chi connectivity index (χ1n) is 9.55. The third kappa shape index (κ3) is 7.57. The Kier molecular flexibility index (Phi) is 12.1. The minimum Gasteiger partial charge on any atom is -0.388 e. The van der Waals surface area contributed by atoms with E-state index in [1.807, 2.05) is 71.1 Å². The molecule has 3 rings (SSSR count). The highest BCUT2D eigenvalue weighted by molar-refractivity contribution is 5.92. The van der Waals surface area contributed by atoms with Gasteiger partial charge in [0.1, 0.15) is 0 Å². The number of nitrogens with zero attached hydrogens (tertiary/aromatic N) is 1. The monoisotopic (exact) mass is 369 g/mol. The SMILES string of the molecule is C=C(NC)c1ccccc1C.CC.CC.CN1Cc2ccccc2NC1=O. The Morgan fingerprint density at radius 3 is 2.19 bits per heavy atom. The first kappa shape index (κ1) is 24.2. The van der Waals surface area contributed by atoms with E-state index < -0.39 is 0 Å². The van der Waals surface area contributed by atoms with E-state index in [1.165, 1.54) is 16.7 Å². The second-order valence-electron chi connectivity index (χ2n) is 5.49. The maximum absolute atomic E-state index is 11.2. The summed E-state index contributed by atoms with van der Waals surface area (Å²) in [6.45, 7) is 14.7. The molecule has 0 spiro atoms. The van der Waals surface area contributed by atoms with Crippen molar-refractivity contribution in [2.45, 2.75) is 41.2 Å². The molecule has 4 heteroatoms. The molecule has 1 aliphatic rings. The van der Waals surface area contributed by atoms with Gasteiger partial charge in [0, 0.05) is 32.0 Å². The quantitative estimate of drug-likeness (QED) is 0.692. The highest BCUT2D eigenvalue weighted by Crippen LogP contribution is 2.21. The van der Waals surface area contributed by atoms with Crippen LogP contribution in [-0.4, -0.2) is 25.0 Å². The molecule has 0 radical (unpaired) electrons. The number of anilines is 1. The van der Waals surface area contributed by atoms with Gasteiger partial charge in [-0.05, 0) is 29.7 Å². The molecule has 0 saturated carbocycles. The average molecular weight is 370 g/mol. The van der Waals surface area contributed by atoms with Gasteiger partial charge in [-0.2, -0.15) is 0 Å². The van der Waals surface area contributed by atoms with Crippen LogP contribution in [-0.2, 0) is 6.54 Å². The van der Waals surface area contributed by atoms with Gasteiger partial charge >= 0.3 is 6.03 Å². The molecule has 0 atom stereocenters. The number of fused-ring (bicyclic) bond motifs is 1. The van der Waals surface area contributed by atoms with Gasteiger partial charge in [0.05, 0.1) is 0 Å². The largest absolute Gasteiger partial charge is 0.388 e. The molecule has 4 nitrogen and oxygen atoms in total. The highest BCUT2D eigenvalue weighted by Gasteiger charge is 2.17. The van der Waals surface area contributed by atoms with Crippen LogP contribution in [0.3, 0.4) is 0 Å². The van der Waals surface area contributed by atoms with Crippen LogP contribution in [0.2, 0.25) is 0 Å².